The Morgan fingerprint density at radius 3 is 2.22 bits per heavy atom. The number of hydrogen-bond acceptors (Lipinski definition) is 1. The minimum absolute atomic E-state index is 0.608. The third kappa shape index (κ3) is 4.23. The Bertz CT molecular complexity index is 758. The largest absolute Gasteiger partial charge is 0.489 e. The summed E-state index contributed by atoms with van der Waals surface area (Å²) in [6.07, 6.45) is 0.965. The van der Waals surface area contributed by atoms with E-state index in [9.17, 15) is 0 Å². The third-order valence-electron chi connectivity index (χ3n) is 4.07. The van der Waals surface area contributed by atoms with Gasteiger partial charge in [0.1, 0.15) is 12.4 Å². The predicted molar refractivity (Wildman–Crippen MR) is 95.9 cm³/mol. The van der Waals surface area contributed by atoms with Crippen molar-refractivity contribution in [3.8, 4) is 5.75 Å². The maximum absolute atomic E-state index is 5.84. The smallest absolute Gasteiger partial charge is 0.119 e. The van der Waals surface area contributed by atoms with Crippen LogP contribution in [-0.2, 0) is 13.0 Å². The van der Waals surface area contributed by atoms with Gasteiger partial charge in [-0.25, -0.2) is 0 Å². The minimum Gasteiger partial charge on any atom is -0.489 e. The van der Waals surface area contributed by atoms with Gasteiger partial charge in [0, 0.05) is 0 Å². The summed E-state index contributed by atoms with van der Waals surface area (Å²) >= 11 is 0. The van der Waals surface area contributed by atoms with E-state index in [-0.39, 0.29) is 0 Å². The molecule has 0 aliphatic carbocycles. The number of rotatable bonds is 5. The molecule has 1 heteroatoms. The third-order valence-corrected chi connectivity index (χ3v) is 4.07. The molecule has 0 amide bonds. The fourth-order valence-electron chi connectivity index (χ4n) is 2.66. The Morgan fingerprint density at radius 1 is 0.739 bits per heavy atom. The van der Waals surface area contributed by atoms with Crippen molar-refractivity contribution in [3.05, 3.63) is 101 Å². The highest BCUT2D eigenvalue weighted by Gasteiger charge is 2.02. The van der Waals surface area contributed by atoms with Crippen molar-refractivity contribution < 1.29 is 4.74 Å². The van der Waals surface area contributed by atoms with Gasteiger partial charge >= 0.3 is 0 Å². The Morgan fingerprint density at radius 2 is 1.48 bits per heavy atom. The first-order valence-electron chi connectivity index (χ1n) is 8.02. The maximum atomic E-state index is 5.84. The van der Waals surface area contributed by atoms with Gasteiger partial charge < -0.3 is 4.74 Å². The second-order valence-electron chi connectivity index (χ2n) is 6.02. The molecule has 3 rings (SSSR count). The molecule has 0 saturated carbocycles. The van der Waals surface area contributed by atoms with Crippen molar-refractivity contribution in [2.45, 2.75) is 26.9 Å². The summed E-state index contributed by atoms with van der Waals surface area (Å²) in [5, 5.41) is 0. The van der Waals surface area contributed by atoms with Gasteiger partial charge in [-0.3, -0.25) is 0 Å². The molecule has 0 N–H and O–H groups in total. The topological polar surface area (TPSA) is 9.23 Å². The Balaban J connectivity index is 1.64. The van der Waals surface area contributed by atoms with Gasteiger partial charge in [-0.15, -0.1) is 0 Å². The van der Waals surface area contributed by atoms with Crippen molar-refractivity contribution in [1.29, 1.82) is 0 Å². The zero-order valence-electron chi connectivity index (χ0n) is 13.8. The lowest BCUT2D eigenvalue weighted by molar-refractivity contribution is 0.306. The first kappa shape index (κ1) is 15.4. The van der Waals surface area contributed by atoms with Crippen LogP contribution in [-0.4, -0.2) is 0 Å². The Kier molecular flexibility index (Phi) is 4.77. The number of benzene rings is 3. The Hall–Kier alpha value is -2.54. The molecule has 0 atom stereocenters. The molecule has 0 fully saturated rings. The molecule has 116 valence electrons. The van der Waals surface area contributed by atoms with Crippen molar-refractivity contribution in [2.24, 2.45) is 0 Å². The molecule has 0 aliphatic heterocycles. The van der Waals surface area contributed by atoms with Crippen LogP contribution in [0.5, 0.6) is 5.75 Å². The molecule has 0 spiro atoms. The lowest BCUT2D eigenvalue weighted by atomic mass is 9.99. The van der Waals surface area contributed by atoms with E-state index >= 15 is 0 Å². The fraction of sp³-hybridized carbons (Fsp3) is 0.182. The van der Waals surface area contributed by atoms with Crippen molar-refractivity contribution in [2.75, 3.05) is 0 Å². The highest BCUT2D eigenvalue weighted by molar-refractivity contribution is 5.36. The predicted octanol–water partition coefficient (Wildman–Crippen LogP) is 5.47. The highest BCUT2D eigenvalue weighted by atomic mass is 16.5. The van der Waals surface area contributed by atoms with E-state index in [0.717, 1.165) is 12.2 Å². The van der Waals surface area contributed by atoms with E-state index in [1.54, 1.807) is 0 Å². The van der Waals surface area contributed by atoms with Gasteiger partial charge in [0.25, 0.3) is 0 Å². The molecule has 1 nitrogen and oxygen atoms in total. The molecule has 0 aromatic heterocycles. The lowest BCUT2D eigenvalue weighted by Gasteiger charge is -2.09. The molecular weight excluding hydrogens is 280 g/mol. The van der Waals surface area contributed by atoms with E-state index in [4.69, 9.17) is 4.74 Å². The normalized spacial score (nSPS) is 10.5. The first-order valence-corrected chi connectivity index (χ1v) is 8.02. The van der Waals surface area contributed by atoms with Crippen LogP contribution in [0.2, 0.25) is 0 Å². The van der Waals surface area contributed by atoms with Crippen LogP contribution in [0.25, 0.3) is 0 Å². The van der Waals surface area contributed by atoms with E-state index in [2.05, 4.69) is 68.4 Å². The SMILES string of the molecule is Cc1ccc(C)c(Cc2ccc(OCc3ccccc3)cc2)c1. The van der Waals surface area contributed by atoms with Crippen LogP contribution in [0.3, 0.4) is 0 Å². The number of ether oxygens (including phenoxy) is 1. The number of aryl methyl sites for hydroxylation is 2. The summed E-state index contributed by atoms with van der Waals surface area (Å²) in [4.78, 5) is 0. The summed E-state index contributed by atoms with van der Waals surface area (Å²) in [5.41, 5.74) is 6.55. The quantitative estimate of drug-likeness (QED) is 0.607. The van der Waals surface area contributed by atoms with Gasteiger partial charge in [-0.1, -0.05) is 66.2 Å². The van der Waals surface area contributed by atoms with Gasteiger partial charge in [-0.05, 0) is 54.7 Å². The summed E-state index contributed by atoms with van der Waals surface area (Å²) < 4.78 is 5.84. The summed E-state index contributed by atoms with van der Waals surface area (Å²) in [5.74, 6) is 0.915. The van der Waals surface area contributed by atoms with Crippen LogP contribution in [0, 0.1) is 13.8 Å². The van der Waals surface area contributed by atoms with Crippen molar-refractivity contribution in [1.82, 2.24) is 0 Å². The van der Waals surface area contributed by atoms with Crippen LogP contribution < -0.4 is 4.74 Å². The van der Waals surface area contributed by atoms with Crippen molar-refractivity contribution >= 4 is 0 Å². The average Bonchev–Trinajstić information content (AvgIpc) is 2.58. The van der Waals surface area contributed by atoms with E-state index in [1.165, 1.54) is 27.8 Å². The van der Waals surface area contributed by atoms with Crippen LogP contribution in [0.1, 0.15) is 27.8 Å². The van der Waals surface area contributed by atoms with Gasteiger partial charge in [0.15, 0.2) is 0 Å². The van der Waals surface area contributed by atoms with E-state index in [0.29, 0.717) is 6.61 Å². The fourth-order valence-corrected chi connectivity index (χ4v) is 2.66. The maximum Gasteiger partial charge on any atom is 0.119 e. The van der Waals surface area contributed by atoms with Gasteiger partial charge in [0.2, 0.25) is 0 Å². The zero-order valence-corrected chi connectivity index (χ0v) is 13.8. The Labute approximate surface area is 138 Å². The molecule has 3 aromatic carbocycles. The monoisotopic (exact) mass is 302 g/mol. The molecule has 0 heterocycles. The molecular formula is C22H22O. The van der Waals surface area contributed by atoms with E-state index < -0.39 is 0 Å². The second-order valence-corrected chi connectivity index (χ2v) is 6.02. The molecule has 23 heavy (non-hydrogen) atoms. The van der Waals surface area contributed by atoms with Crippen LogP contribution in [0.4, 0.5) is 0 Å². The molecule has 0 radical (unpaired) electrons. The van der Waals surface area contributed by atoms with E-state index in [1.807, 2.05) is 18.2 Å². The molecule has 0 aliphatic rings. The summed E-state index contributed by atoms with van der Waals surface area (Å²) in [7, 11) is 0. The first-order chi connectivity index (χ1) is 11.2. The molecule has 0 unspecified atom stereocenters. The molecule has 0 bridgehead atoms. The van der Waals surface area contributed by atoms with Crippen molar-refractivity contribution in [3.63, 3.8) is 0 Å². The van der Waals surface area contributed by atoms with Gasteiger partial charge in [0.05, 0.1) is 0 Å². The standard InChI is InChI=1S/C22H22O/c1-17-8-9-18(2)21(14-17)15-19-10-12-22(13-11-19)23-16-20-6-4-3-5-7-20/h3-14H,15-16H2,1-2H3. The van der Waals surface area contributed by atoms with Crippen LogP contribution >= 0.6 is 0 Å². The molecule has 3 aromatic rings. The minimum atomic E-state index is 0.608. The molecule has 0 saturated heterocycles. The summed E-state index contributed by atoms with van der Waals surface area (Å²) in [6.45, 7) is 4.92. The van der Waals surface area contributed by atoms with Crippen LogP contribution in [0.15, 0.2) is 72.8 Å². The average molecular weight is 302 g/mol. The summed E-state index contributed by atoms with van der Waals surface area (Å²) in [6, 6.07) is 25.3. The zero-order chi connectivity index (χ0) is 16.1. The number of hydrogen-bond donors (Lipinski definition) is 0. The van der Waals surface area contributed by atoms with Gasteiger partial charge in [-0.2, -0.15) is 0 Å². The lowest BCUT2D eigenvalue weighted by Crippen LogP contribution is -1.96. The highest BCUT2D eigenvalue weighted by Crippen LogP contribution is 2.19. The second kappa shape index (κ2) is 7.15.